The first-order chi connectivity index (χ1) is 11.0. The maximum atomic E-state index is 11.8. The lowest BCUT2D eigenvalue weighted by atomic mass is 10.1. The summed E-state index contributed by atoms with van der Waals surface area (Å²) >= 11 is 0. The van der Waals surface area contributed by atoms with Gasteiger partial charge in [0.25, 0.3) is 0 Å². The smallest absolute Gasteiger partial charge is 0.211 e. The number of hydrogen-bond donors (Lipinski definition) is 0. The molecule has 2 heterocycles. The highest BCUT2D eigenvalue weighted by atomic mass is 32.2. The molecule has 1 aliphatic heterocycles. The lowest BCUT2D eigenvalue weighted by Crippen LogP contribution is -2.34. The molecular formula is C16H18N4O2S. The van der Waals surface area contributed by atoms with Gasteiger partial charge in [0, 0.05) is 37.8 Å². The van der Waals surface area contributed by atoms with Gasteiger partial charge < -0.3 is 4.90 Å². The van der Waals surface area contributed by atoms with Crippen molar-refractivity contribution < 1.29 is 8.42 Å². The highest BCUT2D eigenvalue weighted by Gasteiger charge is 2.23. The number of sulfonamides is 1. The summed E-state index contributed by atoms with van der Waals surface area (Å²) in [6, 6.07) is 9.93. The largest absolute Gasteiger partial charge is 0.368 e. The molecule has 0 bridgehead atoms. The molecule has 0 unspecified atom stereocenters. The maximum absolute atomic E-state index is 11.8. The summed E-state index contributed by atoms with van der Waals surface area (Å²) in [7, 11) is -3.18. The Kier molecular flexibility index (Phi) is 4.20. The van der Waals surface area contributed by atoms with E-state index in [1.165, 1.54) is 10.6 Å². The van der Waals surface area contributed by atoms with Crippen LogP contribution in [0.2, 0.25) is 0 Å². The summed E-state index contributed by atoms with van der Waals surface area (Å²) in [5.41, 5.74) is 2.22. The molecule has 120 valence electrons. The van der Waals surface area contributed by atoms with E-state index in [1.807, 2.05) is 24.3 Å². The van der Waals surface area contributed by atoms with Crippen molar-refractivity contribution in [2.24, 2.45) is 0 Å². The Morgan fingerprint density at radius 3 is 2.70 bits per heavy atom. The molecule has 1 aliphatic rings. The molecule has 7 heteroatoms. The van der Waals surface area contributed by atoms with E-state index in [9.17, 15) is 13.7 Å². The summed E-state index contributed by atoms with van der Waals surface area (Å²) in [5.74, 6) is 0. The number of hydrogen-bond acceptors (Lipinski definition) is 5. The number of fused-ring (bicyclic) bond motifs is 1. The molecule has 1 aromatic heterocycles. The Morgan fingerprint density at radius 2 is 1.96 bits per heavy atom. The molecule has 3 rings (SSSR count). The molecule has 0 atom stereocenters. The Balaban J connectivity index is 2.02. The van der Waals surface area contributed by atoms with Crippen molar-refractivity contribution >= 4 is 26.6 Å². The summed E-state index contributed by atoms with van der Waals surface area (Å²) in [6.07, 6.45) is 3.57. The summed E-state index contributed by atoms with van der Waals surface area (Å²) in [5, 5.41) is 10.4. The minimum atomic E-state index is -3.18. The van der Waals surface area contributed by atoms with Crippen LogP contribution in [-0.4, -0.2) is 50.1 Å². The van der Waals surface area contributed by atoms with Crippen molar-refractivity contribution in [3.63, 3.8) is 0 Å². The van der Waals surface area contributed by atoms with Crippen molar-refractivity contribution in [2.75, 3.05) is 37.3 Å². The Morgan fingerprint density at radius 1 is 1.17 bits per heavy atom. The predicted octanol–water partition coefficient (Wildman–Crippen LogP) is 1.58. The fraction of sp³-hybridized carbons (Fsp3) is 0.375. The van der Waals surface area contributed by atoms with Gasteiger partial charge in [-0.3, -0.25) is 4.98 Å². The fourth-order valence-electron chi connectivity index (χ4n) is 3.00. The van der Waals surface area contributed by atoms with E-state index >= 15 is 0 Å². The monoisotopic (exact) mass is 330 g/mol. The summed E-state index contributed by atoms with van der Waals surface area (Å²) in [6.45, 7) is 2.23. The van der Waals surface area contributed by atoms with Gasteiger partial charge in [0.1, 0.15) is 6.07 Å². The lowest BCUT2D eigenvalue weighted by Gasteiger charge is -2.25. The van der Waals surface area contributed by atoms with Gasteiger partial charge >= 0.3 is 0 Å². The van der Waals surface area contributed by atoms with E-state index in [0.717, 1.165) is 23.0 Å². The number of anilines is 1. The van der Waals surface area contributed by atoms with Gasteiger partial charge in [0.05, 0.1) is 23.0 Å². The second kappa shape index (κ2) is 6.14. The normalized spacial score (nSPS) is 17.0. The van der Waals surface area contributed by atoms with Crippen LogP contribution in [0.1, 0.15) is 12.0 Å². The number of nitrogens with zero attached hydrogens (tertiary/aromatic N) is 4. The van der Waals surface area contributed by atoms with Gasteiger partial charge in [-0.05, 0) is 12.5 Å². The van der Waals surface area contributed by atoms with E-state index in [4.69, 9.17) is 0 Å². The predicted molar refractivity (Wildman–Crippen MR) is 89.7 cm³/mol. The first kappa shape index (κ1) is 15.7. The van der Waals surface area contributed by atoms with Crippen molar-refractivity contribution in [3.8, 4) is 6.07 Å². The average Bonchev–Trinajstić information content (AvgIpc) is 2.79. The Bertz CT molecular complexity index is 873. The van der Waals surface area contributed by atoms with E-state index in [1.54, 1.807) is 6.20 Å². The lowest BCUT2D eigenvalue weighted by molar-refractivity contribution is 0.437. The maximum Gasteiger partial charge on any atom is 0.211 e. The number of rotatable bonds is 2. The number of aromatic nitrogens is 1. The summed E-state index contributed by atoms with van der Waals surface area (Å²) in [4.78, 5) is 6.43. The van der Waals surface area contributed by atoms with E-state index in [-0.39, 0.29) is 0 Å². The molecule has 1 saturated heterocycles. The minimum Gasteiger partial charge on any atom is -0.368 e. The van der Waals surface area contributed by atoms with Crippen LogP contribution in [-0.2, 0) is 10.0 Å². The first-order valence-electron chi connectivity index (χ1n) is 7.48. The van der Waals surface area contributed by atoms with E-state index < -0.39 is 10.0 Å². The zero-order valence-electron chi connectivity index (χ0n) is 12.9. The van der Waals surface area contributed by atoms with Crippen molar-refractivity contribution in [2.45, 2.75) is 6.42 Å². The molecule has 6 nitrogen and oxygen atoms in total. The van der Waals surface area contributed by atoms with Gasteiger partial charge in [0.2, 0.25) is 10.0 Å². The van der Waals surface area contributed by atoms with Crippen LogP contribution >= 0.6 is 0 Å². The topological polar surface area (TPSA) is 77.3 Å². The minimum absolute atomic E-state index is 0.431. The Labute approximate surface area is 136 Å². The molecule has 0 radical (unpaired) electrons. The molecule has 23 heavy (non-hydrogen) atoms. The van der Waals surface area contributed by atoms with Crippen molar-refractivity contribution in [1.29, 1.82) is 5.26 Å². The van der Waals surface area contributed by atoms with Crippen LogP contribution in [0.3, 0.4) is 0 Å². The van der Waals surface area contributed by atoms with Gasteiger partial charge in [-0.15, -0.1) is 0 Å². The van der Waals surface area contributed by atoms with Gasteiger partial charge in [-0.1, -0.05) is 18.2 Å². The van der Waals surface area contributed by atoms with Crippen molar-refractivity contribution in [3.05, 3.63) is 36.0 Å². The zero-order valence-corrected chi connectivity index (χ0v) is 13.8. The molecule has 2 aromatic rings. The molecule has 0 aliphatic carbocycles. The molecule has 0 amide bonds. The number of pyridine rings is 1. The standard InChI is InChI=1S/C16H18N4O2S/c1-23(21,22)20-8-4-7-19(9-10-20)16-13(11-17)12-18-15-6-3-2-5-14(15)16/h2-3,5-6,12H,4,7-10H2,1H3. The van der Waals surface area contributed by atoms with Gasteiger partial charge in [-0.2, -0.15) is 5.26 Å². The van der Waals surface area contributed by atoms with E-state index in [2.05, 4.69) is 16.0 Å². The SMILES string of the molecule is CS(=O)(=O)N1CCCN(c2c(C#N)cnc3ccccc23)CC1. The van der Waals surface area contributed by atoms with Crippen molar-refractivity contribution in [1.82, 2.24) is 9.29 Å². The molecule has 0 saturated carbocycles. The second-order valence-electron chi connectivity index (χ2n) is 5.65. The molecular weight excluding hydrogens is 312 g/mol. The van der Waals surface area contributed by atoms with Crippen LogP contribution in [0, 0.1) is 11.3 Å². The quantitative estimate of drug-likeness (QED) is 0.835. The van der Waals surface area contributed by atoms with Crippen LogP contribution in [0.15, 0.2) is 30.5 Å². The zero-order chi connectivity index (χ0) is 16.4. The highest BCUT2D eigenvalue weighted by Crippen LogP contribution is 2.30. The second-order valence-corrected chi connectivity index (χ2v) is 7.63. The molecule has 1 aromatic carbocycles. The Hall–Kier alpha value is -2.17. The highest BCUT2D eigenvalue weighted by molar-refractivity contribution is 7.88. The van der Waals surface area contributed by atoms with E-state index in [0.29, 0.717) is 31.7 Å². The third-order valence-corrected chi connectivity index (χ3v) is 5.41. The number of benzene rings is 1. The van der Waals surface area contributed by atoms with Gasteiger partial charge in [-0.25, -0.2) is 12.7 Å². The third-order valence-electron chi connectivity index (χ3n) is 4.11. The molecule has 0 N–H and O–H groups in total. The van der Waals surface area contributed by atoms with Crippen LogP contribution in [0.5, 0.6) is 0 Å². The number of nitriles is 1. The third kappa shape index (κ3) is 3.14. The number of para-hydroxylation sites is 1. The van der Waals surface area contributed by atoms with Crippen LogP contribution in [0.25, 0.3) is 10.9 Å². The van der Waals surface area contributed by atoms with Crippen LogP contribution in [0.4, 0.5) is 5.69 Å². The van der Waals surface area contributed by atoms with Crippen LogP contribution < -0.4 is 4.90 Å². The molecule has 1 fully saturated rings. The molecule has 0 spiro atoms. The summed E-state index contributed by atoms with van der Waals surface area (Å²) < 4.78 is 25.0. The first-order valence-corrected chi connectivity index (χ1v) is 9.33. The van der Waals surface area contributed by atoms with Gasteiger partial charge in [0.15, 0.2) is 0 Å². The average molecular weight is 330 g/mol. The fourth-order valence-corrected chi connectivity index (χ4v) is 3.87.